The van der Waals surface area contributed by atoms with Gasteiger partial charge in [-0.05, 0) is 49.5 Å². The predicted molar refractivity (Wildman–Crippen MR) is 142 cm³/mol. The Balaban J connectivity index is 1.26. The zero-order valence-electron chi connectivity index (χ0n) is 20.6. The Labute approximate surface area is 218 Å². The zero-order valence-corrected chi connectivity index (χ0v) is 21.4. The van der Waals surface area contributed by atoms with Crippen LogP contribution < -0.4 is 15.4 Å². The molecule has 1 aliphatic heterocycles. The quantitative estimate of drug-likeness (QED) is 0.358. The number of hydrogen-bond donors (Lipinski definition) is 2. The topological polar surface area (TPSA) is 92.8 Å². The van der Waals surface area contributed by atoms with Crippen LogP contribution in [0.3, 0.4) is 0 Å². The van der Waals surface area contributed by atoms with Crippen LogP contribution >= 0.6 is 11.3 Å². The minimum Gasteiger partial charge on any atom is -0.453 e. The van der Waals surface area contributed by atoms with Gasteiger partial charge in [0.15, 0.2) is 11.6 Å². The first-order chi connectivity index (χ1) is 18.0. The summed E-state index contributed by atoms with van der Waals surface area (Å²) in [6.07, 6.45) is 7.66. The van der Waals surface area contributed by atoms with E-state index in [-0.39, 0.29) is 23.7 Å². The van der Waals surface area contributed by atoms with E-state index < -0.39 is 5.82 Å². The molecule has 0 saturated heterocycles. The second-order valence-corrected chi connectivity index (χ2v) is 10.2. The molecular weight excluding hydrogens is 495 g/mol. The van der Waals surface area contributed by atoms with Crippen molar-refractivity contribution in [2.24, 2.45) is 0 Å². The predicted octanol–water partition coefficient (Wildman–Crippen LogP) is 5.55. The number of thiophene rings is 1. The van der Waals surface area contributed by atoms with E-state index in [2.05, 4.69) is 21.7 Å². The Morgan fingerprint density at radius 3 is 2.81 bits per heavy atom. The molecule has 1 saturated carbocycles. The summed E-state index contributed by atoms with van der Waals surface area (Å²) < 4.78 is 26.6. The number of pyridine rings is 1. The SMILES string of the molecule is COCCCC(=O)N1CC=C(c2cc3nccc(Oc4ccc(NC(=O)NC5CC5)cc4F)c3s2)CC1. The maximum Gasteiger partial charge on any atom is 0.319 e. The minimum atomic E-state index is -0.573. The smallest absolute Gasteiger partial charge is 0.319 e. The van der Waals surface area contributed by atoms with Gasteiger partial charge < -0.3 is 25.0 Å². The summed E-state index contributed by atoms with van der Waals surface area (Å²) in [6, 6.07) is 7.96. The molecule has 0 spiro atoms. The largest absolute Gasteiger partial charge is 0.453 e. The van der Waals surface area contributed by atoms with E-state index in [1.165, 1.54) is 17.7 Å². The van der Waals surface area contributed by atoms with Crippen LogP contribution in [0.2, 0.25) is 0 Å². The highest BCUT2D eigenvalue weighted by Crippen LogP contribution is 2.39. The Hall–Kier alpha value is -3.50. The average molecular weight is 525 g/mol. The van der Waals surface area contributed by atoms with Crippen molar-refractivity contribution in [2.75, 3.05) is 32.1 Å². The number of rotatable bonds is 9. The van der Waals surface area contributed by atoms with Crippen molar-refractivity contribution in [1.29, 1.82) is 0 Å². The van der Waals surface area contributed by atoms with Crippen molar-refractivity contribution in [3.63, 3.8) is 0 Å². The molecular formula is C27H29FN4O4S. The lowest BCUT2D eigenvalue weighted by atomic mass is 10.1. The number of methoxy groups -OCH3 is 1. The third-order valence-corrected chi connectivity index (χ3v) is 7.53. The molecule has 10 heteroatoms. The molecule has 37 heavy (non-hydrogen) atoms. The zero-order chi connectivity index (χ0) is 25.8. The van der Waals surface area contributed by atoms with Crippen molar-refractivity contribution < 1.29 is 23.5 Å². The maximum absolute atomic E-state index is 14.8. The summed E-state index contributed by atoms with van der Waals surface area (Å²) in [5.41, 5.74) is 2.30. The van der Waals surface area contributed by atoms with E-state index in [9.17, 15) is 14.0 Å². The molecule has 2 aliphatic rings. The van der Waals surface area contributed by atoms with Gasteiger partial charge in [-0.2, -0.15) is 0 Å². The van der Waals surface area contributed by atoms with Gasteiger partial charge in [-0.3, -0.25) is 9.78 Å². The fourth-order valence-electron chi connectivity index (χ4n) is 4.16. The Bertz CT molecular complexity index is 1340. The van der Waals surface area contributed by atoms with Crippen molar-refractivity contribution in [1.82, 2.24) is 15.2 Å². The van der Waals surface area contributed by atoms with E-state index in [0.29, 0.717) is 37.6 Å². The first-order valence-electron chi connectivity index (χ1n) is 12.4. The Kier molecular flexibility index (Phi) is 7.66. The van der Waals surface area contributed by atoms with Crippen LogP contribution in [0, 0.1) is 5.82 Å². The maximum atomic E-state index is 14.8. The van der Waals surface area contributed by atoms with Gasteiger partial charge in [0.25, 0.3) is 0 Å². The number of fused-ring (bicyclic) bond motifs is 1. The van der Waals surface area contributed by atoms with E-state index in [4.69, 9.17) is 9.47 Å². The van der Waals surface area contributed by atoms with Crippen molar-refractivity contribution in [2.45, 2.75) is 38.1 Å². The van der Waals surface area contributed by atoms with Gasteiger partial charge in [-0.1, -0.05) is 6.08 Å². The van der Waals surface area contributed by atoms with Crippen molar-refractivity contribution in [3.8, 4) is 11.5 Å². The minimum absolute atomic E-state index is 0.0649. The summed E-state index contributed by atoms with van der Waals surface area (Å²) >= 11 is 1.54. The number of urea groups is 1. The van der Waals surface area contributed by atoms with Gasteiger partial charge in [0, 0.05) is 68.2 Å². The Morgan fingerprint density at radius 1 is 1.22 bits per heavy atom. The number of aromatic nitrogens is 1. The molecule has 3 aromatic rings. The number of benzene rings is 1. The summed E-state index contributed by atoms with van der Waals surface area (Å²) in [5, 5.41) is 5.45. The number of anilines is 1. The van der Waals surface area contributed by atoms with E-state index in [1.807, 2.05) is 11.0 Å². The molecule has 8 nitrogen and oxygen atoms in total. The summed E-state index contributed by atoms with van der Waals surface area (Å²) in [7, 11) is 1.64. The lowest BCUT2D eigenvalue weighted by Gasteiger charge is -2.26. The van der Waals surface area contributed by atoms with Crippen LogP contribution in [0.4, 0.5) is 14.9 Å². The normalized spacial score (nSPS) is 15.4. The van der Waals surface area contributed by atoms with Crippen LogP contribution in [0.1, 0.15) is 37.0 Å². The van der Waals surface area contributed by atoms with Crippen LogP contribution in [0.25, 0.3) is 15.8 Å². The first kappa shape index (κ1) is 25.2. The molecule has 3 heterocycles. The van der Waals surface area contributed by atoms with Crippen LogP contribution in [-0.4, -0.2) is 54.7 Å². The number of hydrogen-bond acceptors (Lipinski definition) is 6. The number of nitrogens with one attached hydrogen (secondary N) is 2. The van der Waals surface area contributed by atoms with Gasteiger partial charge >= 0.3 is 6.03 Å². The molecule has 1 aromatic carbocycles. The van der Waals surface area contributed by atoms with E-state index in [1.54, 1.807) is 36.8 Å². The van der Waals surface area contributed by atoms with Gasteiger partial charge in [-0.25, -0.2) is 9.18 Å². The second-order valence-electron chi connectivity index (χ2n) is 9.17. The number of nitrogens with zero attached hydrogens (tertiary/aromatic N) is 2. The number of halogens is 1. The third-order valence-electron chi connectivity index (χ3n) is 6.32. The number of carbonyl (C=O) groups is 2. The summed E-state index contributed by atoms with van der Waals surface area (Å²) in [6.45, 7) is 1.84. The van der Waals surface area contributed by atoms with Crippen LogP contribution in [-0.2, 0) is 9.53 Å². The molecule has 0 unspecified atom stereocenters. The molecule has 3 amide bonds. The highest BCUT2D eigenvalue weighted by atomic mass is 32.1. The van der Waals surface area contributed by atoms with Crippen LogP contribution in [0.15, 0.2) is 42.6 Å². The van der Waals surface area contributed by atoms with Gasteiger partial charge in [-0.15, -0.1) is 11.3 Å². The molecule has 2 N–H and O–H groups in total. The molecule has 0 radical (unpaired) electrons. The summed E-state index contributed by atoms with van der Waals surface area (Å²) in [4.78, 5) is 31.7. The number of ether oxygens (including phenoxy) is 2. The van der Waals surface area contributed by atoms with Crippen LogP contribution in [0.5, 0.6) is 11.5 Å². The highest BCUT2D eigenvalue weighted by Gasteiger charge is 2.23. The van der Waals surface area contributed by atoms with E-state index in [0.717, 1.165) is 40.8 Å². The molecule has 1 fully saturated rings. The Morgan fingerprint density at radius 2 is 2.08 bits per heavy atom. The third kappa shape index (κ3) is 6.26. The molecule has 0 bridgehead atoms. The molecule has 2 aromatic heterocycles. The molecule has 1 aliphatic carbocycles. The lowest BCUT2D eigenvalue weighted by Crippen LogP contribution is -2.34. The van der Waals surface area contributed by atoms with Crippen molar-refractivity contribution in [3.05, 3.63) is 53.3 Å². The van der Waals surface area contributed by atoms with E-state index >= 15 is 0 Å². The fourth-order valence-corrected chi connectivity index (χ4v) is 5.29. The van der Waals surface area contributed by atoms with Crippen molar-refractivity contribution >= 4 is 44.8 Å². The molecule has 0 atom stereocenters. The monoisotopic (exact) mass is 524 g/mol. The highest BCUT2D eigenvalue weighted by molar-refractivity contribution is 7.20. The first-order valence-corrected chi connectivity index (χ1v) is 13.2. The fraction of sp³-hybridized carbons (Fsp3) is 0.370. The average Bonchev–Trinajstić information content (AvgIpc) is 3.59. The van der Waals surface area contributed by atoms with Gasteiger partial charge in [0.1, 0.15) is 5.75 Å². The lowest BCUT2D eigenvalue weighted by molar-refractivity contribution is -0.131. The number of amides is 3. The number of carbonyl (C=O) groups excluding carboxylic acids is 2. The van der Waals surface area contributed by atoms with Gasteiger partial charge in [0.2, 0.25) is 5.91 Å². The van der Waals surface area contributed by atoms with Gasteiger partial charge in [0.05, 0.1) is 10.2 Å². The summed E-state index contributed by atoms with van der Waals surface area (Å²) in [5.74, 6) is 0.151. The standard InChI is InChI=1S/C27H29FN4O4S/c1-35-14-2-3-25(33)32-12-9-17(10-13-32)24-16-21-26(37-24)23(8-11-29-21)36-22-7-6-19(15-20(22)28)31-27(34)30-18-4-5-18/h6-9,11,15-16,18H,2-5,10,12-14H2,1H3,(H2,30,31,34). The molecule has 5 rings (SSSR count). The second kappa shape index (κ2) is 11.3. The molecule has 194 valence electrons.